The number of aromatic nitrogens is 1. The molecule has 2 N–H and O–H groups in total. The number of pyridine rings is 1. The Kier molecular flexibility index (Phi) is 5.14. The van der Waals surface area contributed by atoms with Crippen LogP contribution in [0.15, 0.2) is 72.8 Å². The zero-order valence-corrected chi connectivity index (χ0v) is 16.1. The normalized spacial score (nSPS) is 12.0. The van der Waals surface area contributed by atoms with Gasteiger partial charge in [-0.05, 0) is 29.8 Å². The number of benzene rings is 3. The number of carbonyl (C=O) groups excluding carboxylic acids is 1. The van der Waals surface area contributed by atoms with E-state index >= 15 is 0 Å². The van der Waals surface area contributed by atoms with Crippen molar-refractivity contribution in [3.05, 3.63) is 88.9 Å². The molecule has 29 heavy (non-hydrogen) atoms. The molecule has 4 aromatic rings. The van der Waals surface area contributed by atoms with Gasteiger partial charge in [0.1, 0.15) is 6.04 Å². The minimum absolute atomic E-state index is 0.152. The highest BCUT2D eigenvalue weighted by Crippen LogP contribution is 2.26. The Morgan fingerprint density at radius 1 is 0.897 bits per heavy atom. The molecule has 144 valence electrons. The lowest BCUT2D eigenvalue weighted by molar-refractivity contribution is -0.139. The van der Waals surface area contributed by atoms with E-state index < -0.39 is 17.9 Å². The van der Waals surface area contributed by atoms with E-state index in [1.54, 1.807) is 24.3 Å². The first-order valence-electron chi connectivity index (χ1n) is 9.08. The highest BCUT2D eigenvalue weighted by Gasteiger charge is 2.24. The van der Waals surface area contributed by atoms with E-state index in [1.165, 1.54) is 0 Å². The molecular weight excluding hydrogens is 388 g/mol. The van der Waals surface area contributed by atoms with Gasteiger partial charge < -0.3 is 10.4 Å². The number of nitrogens with zero attached hydrogens (tertiary/aromatic N) is 1. The van der Waals surface area contributed by atoms with Crippen molar-refractivity contribution in [3.8, 4) is 0 Å². The minimum atomic E-state index is -1.10. The molecule has 5 nitrogen and oxygen atoms in total. The van der Waals surface area contributed by atoms with E-state index in [2.05, 4.69) is 10.3 Å². The second-order valence-electron chi connectivity index (χ2n) is 6.72. The van der Waals surface area contributed by atoms with Crippen molar-refractivity contribution in [2.24, 2.45) is 0 Å². The molecule has 0 aliphatic rings. The Labute approximate surface area is 172 Å². The number of carboxylic acid groups (broad SMARTS) is 1. The number of amides is 1. The van der Waals surface area contributed by atoms with Crippen LogP contribution in [0.2, 0.25) is 5.02 Å². The molecule has 0 unspecified atom stereocenters. The lowest BCUT2D eigenvalue weighted by Crippen LogP contribution is -2.42. The quantitative estimate of drug-likeness (QED) is 0.481. The van der Waals surface area contributed by atoms with Gasteiger partial charge in [-0.25, -0.2) is 9.78 Å². The average molecular weight is 405 g/mol. The summed E-state index contributed by atoms with van der Waals surface area (Å²) in [4.78, 5) is 29.6. The number of nitrogens with one attached hydrogen (secondary N) is 1. The molecule has 0 aliphatic carbocycles. The zero-order valence-electron chi connectivity index (χ0n) is 15.3. The first-order valence-corrected chi connectivity index (χ1v) is 9.46. The van der Waals surface area contributed by atoms with E-state index in [9.17, 15) is 14.7 Å². The fourth-order valence-corrected chi connectivity index (χ4v) is 3.50. The second kappa shape index (κ2) is 7.89. The van der Waals surface area contributed by atoms with Crippen molar-refractivity contribution in [1.82, 2.24) is 10.3 Å². The number of hydrogen-bond acceptors (Lipinski definition) is 3. The summed E-state index contributed by atoms with van der Waals surface area (Å²) in [7, 11) is 0. The summed E-state index contributed by atoms with van der Waals surface area (Å²) in [5.41, 5.74) is 2.56. The van der Waals surface area contributed by atoms with E-state index in [0.717, 1.165) is 5.56 Å². The SMILES string of the molecule is O=C(N[C@@H](Cc1ccc(Cl)cc1)C(=O)O)c1c2ccccc2nc2ccccc12. The van der Waals surface area contributed by atoms with Crippen molar-refractivity contribution in [1.29, 1.82) is 0 Å². The predicted octanol–water partition coefficient (Wildman–Crippen LogP) is 4.47. The highest BCUT2D eigenvalue weighted by molar-refractivity contribution is 6.30. The predicted molar refractivity (Wildman–Crippen MR) is 113 cm³/mol. The average Bonchev–Trinajstić information content (AvgIpc) is 2.72. The van der Waals surface area contributed by atoms with Crippen molar-refractivity contribution in [2.45, 2.75) is 12.5 Å². The maximum Gasteiger partial charge on any atom is 0.326 e. The third kappa shape index (κ3) is 3.91. The summed E-state index contributed by atoms with van der Waals surface area (Å²) in [5, 5.41) is 14.3. The van der Waals surface area contributed by atoms with Crippen LogP contribution in [0.3, 0.4) is 0 Å². The molecule has 0 aliphatic heterocycles. The highest BCUT2D eigenvalue weighted by atomic mass is 35.5. The van der Waals surface area contributed by atoms with Gasteiger partial charge in [0.2, 0.25) is 0 Å². The Morgan fingerprint density at radius 2 is 1.45 bits per heavy atom. The standard InChI is InChI=1S/C23H17ClN2O3/c24-15-11-9-14(10-12-15)13-20(23(28)29)26-22(27)21-16-5-1-3-7-18(16)25-19-8-4-2-6-17(19)21/h1-12,20H,13H2,(H,26,27)(H,28,29)/t20-/m0/s1. The second-order valence-corrected chi connectivity index (χ2v) is 7.15. The van der Waals surface area contributed by atoms with Crippen LogP contribution in [-0.4, -0.2) is 28.0 Å². The summed E-state index contributed by atoms with van der Waals surface area (Å²) in [6.07, 6.45) is 0.152. The van der Waals surface area contributed by atoms with Gasteiger partial charge in [-0.3, -0.25) is 4.79 Å². The van der Waals surface area contributed by atoms with Gasteiger partial charge >= 0.3 is 5.97 Å². The molecule has 0 fully saturated rings. The van der Waals surface area contributed by atoms with Gasteiger partial charge in [-0.1, -0.05) is 60.1 Å². The minimum Gasteiger partial charge on any atom is -0.480 e. The third-order valence-electron chi connectivity index (χ3n) is 4.77. The smallest absolute Gasteiger partial charge is 0.326 e. The van der Waals surface area contributed by atoms with Crippen LogP contribution in [0.5, 0.6) is 0 Å². The summed E-state index contributed by atoms with van der Waals surface area (Å²) in [6.45, 7) is 0. The molecule has 0 saturated heterocycles. The maximum atomic E-state index is 13.2. The largest absolute Gasteiger partial charge is 0.480 e. The lowest BCUT2D eigenvalue weighted by Gasteiger charge is -2.17. The fraction of sp³-hybridized carbons (Fsp3) is 0.0870. The van der Waals surface area contributed by atoms with Crippen LogP contribution in [0.4, 0.5) is 0 Å². The molecule has 0 radical (unpaired) electrons. The van der Waals surface area contributed by atoms with Crippen molar-refractivity contribution in [3.63, 3.8) is 0 Å². The molecule has 6 heteroatoms. The summed E-state index contributed by atoms with van der Waals surface area (Å²) < 4.78 is 0. The molecule has 1 heterocycles. The number of carbonyl (C=O) groups is 2. The number of aliphatic carboxylic acids is 1. The van der Waals surface area contributed by atoms with Gasteiger partial charge in [-0.2, -0.15) is 0 Å². The van der Waals surface area contributed by atoms with Crippen molar-refractivity contribution >= 4 is 45.3 Å². The first kappa shape index (κ1) is 18.9. The molecule has 4 rings (SSSR count). The van der Waals surface area contributed by atoms with Gasteiger partial charge in [-0.15, -0.1) is 0 Å². The number of rotatable bonds is 5. The Balaban J connectivity index is 1.73. The maximum absolute atomic E-state index is 13.2. The first-order chi connectivity index (χ1) is 14.0. The molecule has 1 aromatic heterocycles. The Hall–Kier alpha value is -3.44. The number of hydrogen-bond donors (Lipinski definition) is 2. The van der Waals surface area contributed by atoms with Crippen LogP contribution < -0.4 is 5.32 Å². The molecule has 0 bridgehead atoms. The monoisotopic (exact) mass is 404 g/mol. The van der Waals surface area contributed by atoms with Crippen molar-refractivity contribution < 1.29 is 14.7 Å². The van der Waals surface area contributed by atoms with Crippen LogP contribution in [0, 0.1) is 0 Å². The summed E-state index contributed by atoms with van der Waals surface area (Å²) in [6, 6.07) is 20.5. The van der Waals surface area contributed by atoms with Gasteiger partial charge in [0, 0.05) is 22.2 Å². The Morgan fingerprint density at radius 3 is 2.00 bits per heavy atom. The molecule has 0 spiro atoms. The topological polar surface area (TPSA) is 79.3 Å². The van der Waals surface area contributed by atoms with Crippen molar-refractivity contribution in [2.75, 3.05) is 0 Å². The van der Waals surface area contributed by atoms with Crippen LogP contribution in [-0.2, 0) is 11.2 Å². The van der Waals surface area contributed by atoms with E-state index in [0.29, 0.717) is 32.4 Å². The number of para-hydroxylation sites is 2. The lowest BCUT2D eigenvalue weighted by atomic mass is 10.0. The van der Waals surface area contributed by atoms with Gasteiger partial charge in [0.25, 0.3) is 5.91 Å². The Bertz CT molecular complexity index is 1170. The third-order valence-corrected chi connectivity index (χ3v) is 5.02. The van der Waals surface area contributed by atoms with Crippen LogP contribution in [0.1, 0.15) is 15.9 Å². The van der Waals surface area contributed by atoms with E-state index in [4.69, 9.17) is 11.6 Å². The van der Waals surface area contributed by atoms with Crippen LogP contribution >= 0.6 is 11.6 Å². The number of carboxylic acids is 1. The molecule has 3 aromatic carbocycles. The van der Waals surface area contributed by atoms with Crippen LogP contribution in [0.25, 0.3) is 21.8 Å². The number of halogens is 1. The van der Waals surface area contributed by atoms with E-state index in [-0.39, 0.29) is 6.42 Å². The molecule has 1 atom stereocenters. The molecule has 1 amide bonds. The summed E-state index contributed by atoms with van der Waals surface area (Å²) >= 11 is 5.89. The van der Waals surface area contributed by atoms with E-state index in [1.807, 2.05) is 48.5 Å². The zero-order chi connectivity index (χ0) is 20.4. The molecule has 0 saturated carbocycles. The van der Waals surface area contributed by atoms with Gasteiger partial charge in [0.15, 0.2) is 0 Å². The summed E-state index contributed by atoms with van der Waals surface area (Å²) in [5.74, 6) is -1.54. The van der Waals surface area contributed by atoms with Gasteiger partial charge in [0.05, 0.1) is 16.6 Å². The number of fused-ring (bicyclic) bond motifs is 2. The molecular formula is C23H17ClN2O3. The fourth-order valence-electron chi connectivity index (χ4n) is 3.37.